The minimum Gasteiger partial charge on any atom is -0.318 e. The van der Waals surface area contributed by atoms with Gasteiger partial charge < -0.3 is 4.57 Å². The number of pyridine rings is 2. The Balaban J connectivity index is 2.97. The van der Waals surface area contributed by atoms with E-state index in [9.17, 15) is 4.79 Å². The summed E-state index contributed by atoms with van der Waals surface area (Å²) in [5.74, 6) is 0. The van der Waals surface area contributed by atoms with Crippen LogP contribution in [0, 0.1) is 6.92 Å². The second kappa shape index (κ2) is 2.69. The van der Waals surface area contributed by atoms with Crippen molar-refractivity contribution in [2.75, 3.05) is 0 Å². The van der Waals surface area contributed by atoms with Gasteiger partial charge >= 0.3 is 0 Å². The van der Waals surface area contributed by atoms with Crippen molar-refractivity contribution >= 4 is 10.9 Å². The molecule has 0 saturated heterocycles. The van der Waals surface area contributed by atoms with Crippen molar-refractivity contribution in [2.24, 2.45) is 7.05 Å². The van der Waals surface area contributed by atoms with E-state index in [2.05, 4.69) is 4.98 Å². The molecule has 0 atom stereocenters. The van der Waals surface area contributed by atoms with Crippen LogP contribution in [0.2, 0.25) is 0 Å². The van der Waals surface area contributed by atoms with Gasteiger partial charge in [0.05, 0.1) is 10.9 Å². The molecule has 2 heterocycles. The monoisotopic (exact) mass is 174 g/mol. The molecule has 2 rings (SSSR count). The van der Waals surface area contributed by atoms with Crippen LogP contribution in [-0.2, 0) is 7.05 Å². The Morgan fingerprint density at radius 1 is 1.46 bits per heavy atom. The number of fused-ring (bicyclic) bond motifs is 1. The molecule has 2 aromatic heterocycles. The van der Waals surface area contributed by atoms with E-state index in [0.717, 1.165) is 11.1 Å². The number of hydrogen-bond donors (Lipinski definition) is 0. The minimum absolute atomic E-state index is 0.00806. The lowest BCUT2D eigenvalue weighted by Crippen LogP contribution is -2.15. The fraction of sp³-hybridized carbons (Fsp3) is 0.200. The molecule has 3 nitrogen and oxygen atoms in total. The molecule has 13 heavy (non-hydrogen) atoms. The predicted molar refractivity (Wildman–Crippen MR) is 51.7 cm³/mol. The SMILES string of the molecule is Cc1cnc2ccn(C)c(=O)c2c1. The average Bonchev–Trinajstić information content (AvgIpc) is 2.12. The lowest BCUT2D eigenvalue weighted by Gasteiger charge is -2.00. The number of hydrogen-bond acceptors (Lipinski definition) is 2. The van der Waals surface area contributed by atoms with Crippen molar-refractivity contribution in [3.05, 3.63) is 40.4 Å². The second-order valence-corrected chi connectivity index (χ2v) is 3.18. The fourth-order valence-corrected chi connectivity index (χ4v) is 1.32. The van der Waals surface area contributed by atoms with Crippen molar-refractivity contribution in [3.8, 4) is 0 Å². The Morgan fingerprint density at radius 2 is 2.23 bits per heavy atom. The van der Waals surface area contributed by atoms with Gasteiger partial charge in [0.15, 0.2) is 0 Å². The largest absolute Gasteiger partial charge is 0.318 e. The fourth-order valence-electron chi connectivity index (χ4n) is 1.32. The van der Waals surface area contributed by atoms with Gasteiger partial charge in [-0.25, -0.2) is 0 Å². The molecule has 0 aromatic carbocycles. The third-order valence-electron chi connectivity index (χ3n) is 2.06. The number of aromatic nitrogens is 2. The number of nitrogens with zero attached hydrogens (tertiary/aromatic N) is 2. The Hall–Kier alpha value is -1.64. The van der Waals surface area contributed by atoms with E-state index in [1.54, 1.807) is 24.0 Å². The second-order valence-electron chi connectivity index (χ2n) is 3.18. The van der Waals surface area contributed by atoms with Gasteiger partial charge in [0.2, 0.25) is 0 Å². The topological polar surface area (TPSA) is 34.9 Å². The molecule has 0 aliphatic carbocycles. The Morgan fingerprint density at radius 3 is 3.00 bits per heavy atom. The van der Waals surface area contributed by atoms with Gasteiger partial charge in [-0.3, -0.25) is 9.78 Å². The van der Waals surface area contributed by atoms with Gasteiger partial charge in [0.1, 0.15) is 0 Å². The highest BCUT2D eigenvalue weighted by molar-refractivity contribution is 5.77. The summed E-state index contributed by atoms with van der Waals surface area (Å²) in [6, 6.07) is 3.71. The van der Waals surface area contributed by atoms with E-state index in [4.69, 9.17) is 0 Å². The molecule has 0 aliphatic heterocycles. The van der Waals surface area contributed by atoms with Crippen LogP contribution < -0.4 is 5.56 Å². The standard InChI is InChI=1S/C10H10N2O/c1-7-5-8-9(11-6-7)3-4-12(2)10(8)13/h3-6H,1-2H3. The summed E-state index contributed by atoms with van der Waals surface area (Å²) in [4.78, 5) is 15.8. The van der Waals surface area contributed by atoms with E-state index < -0.39 is 0 Å². The minimum atomic E-state index is 0.00806. The van der Waals surface area contributed by atoms with Crippen molar-refractivity contribution in [1.82, 2.24) is 9.55 Å². The van der Waals surface area contributed by atoms with Crippen LogP contribution in [0.4, 0.5) is 0 Å². The summed E-state index contributed by atoms with van der Waals surface area (Å²) < 4.78 is 1.56. The van der Waals surface area contributed by atoms with E-state index in [1.807, 2.05) is 19.1 Å². The van der Waals surface area contributed by atoms with Crippen LogP contribution in [-0.4, -0.2) is 9.55 Å². The summed E-state index contributed by atoms with van der Waals surface area (Å²) in [6.45, 7) is 1.93. The zero-order valence-corrected chi connectivity index (χ0v) is 7.61. The molecule has 0 fully saturated rings. The van der Waals surface area contributed by atoms with Crippen molar-refractivity contribution < 1.29 is 0 Å². The third kappa shape index (κ3) is 1.22. The molecule has 0 radical (unpaired) electrons. The van der Waals surface area contributed by atoms with Gasteiger partial charge in [-0.1, -0.05) is 0 Å². The van der Waals surface area contributed by atoms with Gasteiger partial charge in [-0.15, -0.1) is 0 Å². The Labute approximate surface area is 75.7 Å². The molecule has 2 aromatic rings. The highest BCUT2D eigenvalue weighted by Crippen LogP contribution is 2.07. The molecular formula is C10H10N2O. The lowest BCUT2D eigenvalue weighted by molar-refractivity contribution is 0.871. The maximum Gasteiger partial charge on any atom is 0.259 e. The zero-order valence-electron chi connectivity index (χ0n) is 7.61. The maximum atomic E-state index is 11.6. The summed E-state index contributed by atoms with van der Waals surface area (Å²) in [5.41, 5.74) is 1.78. The zero-order chi connectivity index (χ0) is 9.42. The van der Waals surface area contributed by atoms with Gasteiger partial charge in [-0.2, -0.15) is 0 Å². The maximum absolute atomic E-state index is 11.6. The number of aryl methyl sites for hydroxylation is 2. The van der Waals surface area contributed by atoms with Gasteiger partial charge in [0.25, 0.3) is 5.56 Å². The smallest absolute Gasteiger partial charge is 0.259 e. The first-order valence-corrected chi connectivity index (χ1v) is 4.10. The third-order valence-corrected chi connectivity index (χ3v) is 2.06. The van der Waals surface area contributed by atoms with Crippen molar-refractivity contribution in [3.63, 3.8) is 0 Å². The predicted octanol–water partition coefficient (Wildman–Crippen LogP) is 1.24. The van der Waals surface area contributed by atoms with Crippen LogP contribution in [0.3, 0.4) is 0 Å². The Kier molecular flexibility index (Phi) is 1.65. The van der Waals surface area contributed by atoms with Crippen molar-refractivity contribution in [1.29, 1.82) is 0 Å². The molecule has 0 spiro atoms. The first-order valence-electron chi connectivity index (χ1n) is 4.10. The van der Waals surface area contributed by atoms with E-state index in [1.165, 1.54) is 0 Å². The summed E-state index contributed by atoms with van der Waals surface area (Å²) in [5, 5.41) is 0.685. The van der Waals surface area contributed by atoms with Crippen LogP contribution in [0.1, 0.15) is 5.56 Å². The van der Waals surface area contributed by atoms with Crippen molar-refractivity contribution in [2.45, 2.75) is 6.92 Å². The molecule has 3 heteroatoms. The molecule has 0 saturated carbocycles. The summed E-state index contributed by atoms with van der Waals surface area (Å²) in [7, 11) is 1.74. The van der Waals surface area contributed by atoms with Crippen LogP contribution in [0.5, 0.6) is 0 Å². The van der Waals surface area contributed by atoms with E-state index in [-0.39, 0.29) is 5.56 Å². The molecule has 0 bridgehead atoms. The molecule has 0 aliphatic rings. The molecule has 0 N–H and O–H groups in total. The Bertz CT molecular complexity index is 509. The van der Waals surface area contributed by atoms with E-state index >= 15 is 0 Å². The lowest BCUT2D eigenvalue weighted by atomic mass is 10.2. The van der Waals surface area contributed by atoms with Gasteiger partial charge in [-0.05, 0) is 24.6 Å². The van der Waals surface area contributed by atoms with Crippen LogP contribution >= 0.6 is 0 Å². The first kappa shape index (κ1) is 7.98. The first-order chi connectivity index (χ1) is 6.18. The highest BCUT2D eigenvalue weighted by Gasteiger charge is 2.00. The van der Waals surface area contributed by atoms with Crippen LogP contribution in [0.15, 0.2) is 29.3 Å². The molecule has 0 unspecified atom stereocenters. The average molecular weight is 174 g/mol. The number of rotatable bonds is 0. The quantitative estimate of drug-likeness (QED) is 0.602. The molecule has 66 valence electrons. The van der Waals surface area contributed by atoms with Crippen LogP contribution in [0.25, 0.3) is 10.9 Å². The summed E-state index contributed by atoms with van der Waals surface area (Å²) >= 11 is 0. The molecular weight excluding hydrogens is 164 g/mol. The molecule has 0 amide bonds. The summed E-state index contributed by atoms with van der Waals surface area (Å²) in [6.07, 6.45) is 3.49. The van der Waals surface area contributed by atoms with E-state index in [0.29, 0.717) is 5.39 Å². The van der Waals surface area contributed by atoms with Gasteiger partial charge in [0, 0.05) is 19.4 Å². The normalized spacial score (nSPS) is 10.6. The highest BCUT2D eigenvalue weighted by atomic mass is 16.1.